The van der Waals surface area contributed by atoms with Gasteiger partial charge >= 0.3 is 0 Å². The largest absolute Gasteiger partial charge is 0.355 e. The van der Waals surface area contributed by atoms with Crippen LogP contribution in [0.1, 0.15) is 16.8 Å². The van der Waals surface area contributed by atoms with Crippen molar-refractivity contribution in [3.63, 3.8) is 0 Å². The van der Waals surface area contributed by atoms with Crippen molar-refractivity contribution in [2.75, 3.05) is 26.7 Å². The van der Waals surface area contributed by atoms with E-state index in [1.54, 1.807) is 0 Å². The lowest BCUT2D eigenvalue weighted by Crippen LogP contribution is -2.37. The Kier molecular flexibility index (Phi) is 4.59. The van der Waals surface area contributed by atoms with E-state index < -0.39 is 10.0 Å². The predicted octanol–water partition coefficient (Wildman–Crippen LogP) is -0.443. The molecule has 1 aliphatic heterocycles. The summed E-state index contributed by atoms with van der Waals surface area (Å²) in [4.78, 5) is 23.0. The average Bonchev–Trinajstić information content (AvgIpc) is 2.71. The van der Waals surface area contributed by atoms with Gasteiger partial charge < -0.3 is 10.6 Å². The molecule has 0 aromatic heterocycles. The first kappa shape index (κ1) is 15.5. The van der Waals surface area contributed by atoms with E-state index in [0.29, 0.717) is 18.5 Å². The molecule has 0 unspecified atom stereocenters. The van der Waals surface area contributed by atoms with E-state index in [2.05, 4.69) is 10.6 Å². The SMILES string of the molecule is CNC(=O)c1ccc(S(=O)(=O)N2CCCNC(=O)C2)cc1. The number of nitrogens with one attached hydrogen (secondary N) is 2. The highest BCUT2D eigenvalue weighted by atomic mass is 32.2. The van der Waals surface area contributed by atoms with Gasteiger partial charge in [-0.1, -0.05) is 0 Å². The van der Waals surface area contributed by atoms with Gasteiger partial charge in [0.2, 0.25) is 15.9 Å². The van der Waals surface area contributed by atoms with Crippen LogP contribution in [0, 0.1) is 0 Å². The fraction of sp³-hybridized carbons (Fsp3) is 0.385. The Morgan fingerprint density at radius 1 is 1.29 bits per heavy atom. The molecule has 7 nitrogen and oxygen atoms in total. The molecule has 1 heterocycles. The van der Waals surface area contributed by atoms with E-state index in [1.165, 1.54) is 31.3 Å². The van der Waals surface area contributed by atoms with Crippen LogP contribution >= 0.6 is 0 Å². The van der Waals surface area contributed by atoms with Crippen molar-refractivity contribution in [2.45, 2.75) is 11.3 Å². The van der Waals surface area contributed by atoms with Crippen LogP contribution in [-0.4, -0.2) is 51.2 Å². The van der Waals surface area contributed by atoms with Crippen molar-refractivity contribution in [2.24, 2.45) is 0 Å². The fourth-order valence-corrected chi connectivity index (χ4v) is 3.49. The molecule has 2 rings (SSSR count). The molecule has 2 N–H and O–H groups in total. The first-order valence-electron chi connectivity index (χ1n) is 6.54. The third-order valence-electron chi connectivity index (χ3n) is 3.21. The zero-order valence-electron chi connectivity index (χ0n) is 11.6. The van der Waals surface area contributed by atoms with Gasteiger partial charge in [-0.05, 0) is 30.7 Å². The van der Waals surface area contributed by atoms with Gasteiger partial charge in [0, 0.05) is 25.7 Å². The highest BCUT2D eigenvalue weighted by Gasteiger charge is 2.27. The van der Waals surface area contributed by atoms with Crippen LogP contribution in [0.5, 0.6) is 0 Å². The molecule has 0 radical (unpaired) electrons. The number of sulfonamides is 1. The first-order valence-corrected chi connectivity index (χ1v) is 7.98. The van der Waals surface area contributed by atoms with Crippen LogP contribution in [0.2, 0.25) is 0 Å². The maximum Gasteiger partial charge on any atom is 0.251 e. The first-order chi connectivity index (χ1) is 9.95. The van der Waals surface area contributed by atoms with Crippen LogP contribution in [0.25, 0.3) is 0 Å². The Hall–Kier alpha value is -1.93. The van der Waals surface area contributed by atoms with Crippen LogP contribution in [0.15, 0.2) is 29.2 Å². The van der Waals surface area contributed by atoms with Gasteiger partial charge in [-0.25, -0.2) is 8.42 Å². The number of benzene rings is 1. The molecule has 0 bridgehead atoms. The summed E-state index contributed by atoms with van der Waals surface area (Å²) in [6.07, 6.45) is 0.571. The maximum atomic E-state index is 12.5. The van der Waals surface area contributed by atoms with E-state index in [4.69, 9.17) is 0 Å². The molecule has 0 aliphatic carbocycles. The van der Waals surface area contributed by atoms with Crippen LogP contribution < -0.4 is 10.6 Å². The van der Waals surface area contributed by atoms with Crippen LogP contribution in [-0.2, 0) is 14.8 Å². The second kappa shape index (κ2) is 6.23. The summed E-state index contributed by atoms with van der Waals surface area (Å²) in [5.41, 5.74) is 0.380. The van der Waals surface area contributed by atoms with Crippen molar-refractivity contribution in [3.8, 4) is 0 Å². The fourth-order valence-electron chi connectivity index (χ4n) is 2.06. The molecule has 1 aromatic rings. The van der Waals surface area contributed by atoms with Gasteiger partial charge in [-0.15, -0.1) is 0 Å². The summed E-state index contributed by atoms with van der Waals surface area (Å²) >= 11 is 0. The van der Waals surface area contributed by atoms with Crippen LogP contribution in [0.4, 0.5) is 0 Å². The maximum absolute atomic E-state index is 12.5. The van der Waals surface area contributed by atoms with Crippen molar-refractivity contribution in [1.29, 1.82) is 0 Å². The normalized spacial score (nSPS) is 16.9. The molecule has 1 saturated heterocycles. The van der Waals surface area contributed by atoms with Gasteiger partial charge in [-0.2, -0.15) is 4.31 Å². The van der Waals surface area contributed by atoms with E-state index >= 15 is 0 Å². The molecule has 1 aliphatic rings. The van der Waals surface area contributed by atoms with Gasteiger partial charge in [0.05, 0.1) is 11.4 Å². The molecule has 0 spiro atoms. The molecule has 21 heavy (non-hydrogen) atoms. The smallest absolute Gasteiger partial charge is 0.251 e. The van der Waals surface area contributed by atoms with Crippen molar-refractivity contribution >= 4 is 21.8 Å². The highest BCUT2D eigenvalue weighted by molar-refractivity contribution is 7.89. The van der Waals surface area contributed by atoms with E-state index in [9.17, 15) is 18.0 Å². The van der Waals surface area contributed by atoms with Crippen molar-refractivity contribution < 1.29 is 18.0 Å². The lowest BCUT2D eigenvalue weighted by atomic mass is 10.2. The summed E-state index contributed by atoms with van der Waals surface area (Å²) < 4.78 is 26.1. The quantitative estimate of drug-likeness (QED) is 0.791. The molecule has 114 valence electrons. The average molecular weight is 311 g/mol. The Morgan fingerprint density at radius 3 is 2.57 bits per heavy atom. The topological polar surface area (TPSA) is 95.6 Å². The Morgan fingerprint density at radius 2 is 1.95 bits per heavy atom. The summed E-state index contributed by atoms with van der Waals surface area (Å²) in [6.45, 7) is 0.582. The molecular weight excluding hydrogens is 294 g/mol. The minimum atomic E-state index is -3.73. The molecule has 8 heteroatoms. The molecule has 1 fully saturated rings. The third-order valence-corrected chi connectivity index (χ3v) is 5.07. The van der Waals surface area contributed by atoms with E-state index in [-0.39, 0.29) is 29.8 Å². The molecule has 2 amide bonds. The third kappa shape index (κ3) is 3.40. The van der Waals surface area contributed by atoms with Gasteiger partial charge in [0.25, 0.3) is 5.91 Å². The molecular formula is C13H17N3O4S. The standard InChI is InChI=1S/C13H17N3O4S/c1-14-13(18)10-3-5-11(6-4-10)21(19,20)16-8-2-7-15-12(17)9-16/h3-6H,2,7-9H2,1H3,(H,14,18)(H,15,17). The number of nitrogens with zero attached hydrogens (tertiary/aromatic N) is 1. The number of rotatable bonds is 3. The monoisotopic (exact) mass is 311 g/mol. The minimum Gasteiger partial charge on any atom is -0.355 e. The van der Waals surface area contributed by atoms with Crippen LogP contribution in [0.3, 0.4) is 0 Å². The minimum absolute atomic E-state index is 0.0739. The second-order valence-corrected chi connectivity index (χ2v) is 6.58. The molecule has 0 atom stereocenters. The number of carbonyl (C=O) groups is 2. The predicted molar refractivity (Wildman–Crippen MR) is 76.2 cm³/mol. The molecule has 1 aromatic carbocycles. The van der Waals surface area contributed by atoms with Crippen molar-refractivity contribution in [1.82, 2.24) is 14.9 Å². The molecule has 0 saturated carbocycles. The van der Waals surface area contributed by atoms with E-state index in [0.717, 1.165) is 4.31 Å². The summed E-state index contributed by atoms with van der Waals surface area (Å²) in [5.74, 6) is -0.592. The number of carbonyl (C=O) groups excluding carboxylic acids is 2. The number of amides is 2. The van der Waals surface area contributed by atoms with Gasteiger partial charge in [0.1, 0.15) is 0 Å². The lowest BCUT2D eigenvalue weighted by Gasteiger charge is -2.18. The lowest BCUT2D eigenvalue weighted by molar-refractivity contribution is -0.120. The second-order valence-electron chi connectivity index (χ2n) is 4.65. The highest BCUT2D eigenvalue weighted by Crippen LogP contribution is 2.17. The summed E-state index contributed by atoms with van der Waals surface area (Å²) in [7, 11) is -2.22. The van der Waals surface area contributed by atoms with E-state index in [1.807, 2.05) is 0 Å². The Bertz CT molecular complexity index is 640. The Balaban J connectivity index is 2.26. The number of hydrogen-bond donors (Lipinski definition) is 2. The number of hydrogen-bond acceptors (Lipinski definition) is 4. The van der Waals surface area contributed by atoms with Crippen molar-refractivity contribution in [3.05, 3.63) is 29.8 Å². The van der Waals surface area contributed by atoms with Gasteiger partial charge in [-0.3, -0.25) is 9.59 Å². The zero-order chi connectivity index (χ0) is 15.5. The summed E-state index contributed by atoms with van der Waals surface area (Å²) in [5, 5.41) is 5.10. The van der Waals surface area contributed by atoms with Gasteiger partial charge in [0.15, 0.2) is 0 Å². The summed E-state index contributed by atoms with van der Waals surface area (Å²) in [6, 6.07) is 5.65. The Labute approximate surface area is 123 Å². The zero-order valence-corrected chi connectivity index (χ0v) is 12.4.